The van der Waals surface area contributed by atoms with Gasteiger partial charge < -0.3 is 5.73 Å². The Morgan fingerprint density at radius 3 is 2.65 bits per heavy atom. The van der Waals surface area contributed by atoms with Gasteiger partial charge in [-0.15, -0.1) is 0 Å². The summed E-state index contributed by atoms with van der Waals surface area (Å²) in [6.07, 6.45) is 7.21. The second-order valence-electron chi connectivity index (χ2n) is 4.99. The maximum atomic E-state index is 6.01. The van der Waals surface area contributed by atoms with Crippen molar-refractivity contribution in [3.8, 4) is 5.69 Å². The van der Waals surface area contributed by atoms with Crippen LogP contribution in [0.3, 0.4) is 0 Å². The SMILES string of the molecule is CCc1nc(CC)n(-c2cncc(CC(N)CC)c2)n1. The Hall–Kier alpha value is -1.75. The van der Waals surface area contributed by atoms with E-state index in [1.165, 1.54) is 0 Å². The molecule has 2 rings (SSSR count). The van der Waals surface area contributed by atoms with Crippen LogP contribution in [0.2, 0.25) is 0 Å². The second-order valence-corrected chi connectivity index (χ2v) is 4.99. The molecule has 1 unspecified atom stereocenters. The summed E-state index contributed by atoms with van der Waals surface area (Å²) in [7, 11) is 0. The van der Waals surface area contributed by atoms with Crippen molar-refractivity contribution in [1.82, 2.24) is 19.7 Å². The normalized spacial score (nSPS) is 12.6. The minimum absolute atomic E-state index is 0.180. The third-order valence-corrected chi connectivity index (χ3v) is 3.40. The van der Waals surface area contributed by atoms with Crippen molar-refractivity contribution in [1.29, 1.82) is 0 Å². The summed E-state index contributed by atoms with van der Waals surface area (Å²) in [5.41, 5.74) is 8.13. The van der Waals surface area contributed by atoms with Crippen LogP contribution in [0.1, 0.15) is 44.4 Å². The lowest BCUT2D eigenvalue weighted by atomic mass is 10.1. The Bertz CT molecular complexity index is 561. The summed E-state index contributed by atoms with van der Waals surface area (Å²) in [4.78, 5) is 8.84. The van der Waals surface area contributed by atoms with Crippen molar-refractivity contribution < 1.29 is 0 Å². The first kappa shape index (κ1) is 14.7. The van der Waals surface area contributed by atoms with E-state index in [4.69, 9.17) is 5.73 Å². The van der Waals surface area contributed by atoms with Crippen LogP contribution in [0, 0.1) is 0 Å². The number of hydrogen-bond acceptors (Lipinski definition) is 4. The van der Waals surface area contributed by atoms with Crippen LogP contribution >= 0.6 is 0 Å². The van der Waals surface area contributed by atoms with Crippen LogP contribution in [0.15, 0.2) is 18.5 Å². The number of nitrogens with zero attached hydrogens (tertiary/aromatic N) is 4. The van der Waals surface area contributed by atoms with E-state index in [0.717, 1.165) is 48.6 Å². The maximum Gasteiger partial charge on any atom is 0.151 e. The molecular formula is C15H23N5. The van der Waals surface area contributed by atoms with Gasteiger partial charge in [-0.25, -0.2) is 9.67 Å². The number of aryl methyl sites for hydroxylation is 2. The van der Waals surface area contributed by atoms with Crippen LogP contribution < -0.4 is 5.73 Å². The van der Waals surface area contributed by atoms with Gasteiger partial charge in [-0.1, -0.05) is 20.8 Å². The van der Waals surface area contributed by atoms with Gasteiger partial charge in [0.15, 0.2) is 5.82 Å². The zero-order chi connectivity index (χ0) is 14.5. The lowest BCUT2D eigenvalue weighted by Gasteiger charge is -2.10. The van der Waals surface area contributed by atoms with Gasteiger partial charge in [0.25, 0.3) is 0 Å². The van der Waals surface area contributed by atoms with Gasteiger partial charge >= 0.3 is 0 Å². The molecule has 0 aliphatic rings. The fourth-order valence-corrected chi connectivity index (χ4v) is 2.13. The van der Waals surface area contributed by atoms with Gasteiger partial charge in [-0.2, -0.15) is 5.10 Å². The molecule has 5 heteroatoms. The number of aromatic nitrogens is 4. The summed E-state index contributed by atoms with van der Waals surface area (Å²) in [5, 5.41) is 4.54. The second kappa shape index (κ2) is 6.61. The number of pyridine rings is 1. The first-order valence-electron chi connectivity index (χ1n) is 7.32. The molecular weight excluding hydrogens is 250 g/mol. The fraction of sp³-hybridized carbons (Fsp3) is 0.533. The Kier molecular flexibility index (Phi) is 4.84. The molecule has 0 bridgehead atoms. The molecule has 0 fully saturated rings. The zero-order valence-electron chi connectivity index (χ0n) is 12.5. The van der Waals surface area contributed by atoms with Crippen molar-refractivity contribution in [3.05, 3.63) is 35.7 Å². The van der Waals surface area contributed by atoms with E-state index in [0.29, 0.717) is 0 Å². The summed E-state index contributed by atoms with van der Waals surface area (Å²) in [5.74, 6) is 1.85. The number of rotatable bonds is 6. The average molecular weight is 273 g/mol. The molecule has 2 aromatic rings. The molecule has 0 aliphatic carbocycles. The van der Waals surface area contributed by atoms with Gasteiger partial charge in [0.05, 0.1) is 11.9 Å². The standard InChI is InChI=1S/C15H23N5/c1-4-12(16)7-11-8-13(10-17-9-11)20-15(6-3)18-14(5-2)19-20/h8-10,12H,4-7,16H2,1-3H3. The number of nitrogens with two attached hydrogens (primary N) is 1. The van der Waals surface area contributed by atoms with Gasteiger partial charge in [0.1, 0.15) is 5.82 Å². The molecule has 2 aromatic heterocycles. The quantitative estimate of drug-likeness (QED) is 0.874. The molecule has 20 heavy (non-hydrogen) atoms. The van der Waals surface area contributed by atoms with E-state index >= 15 is 0 Å². The summed E-state index contributed by atoms with van der Waals surface area (Å²) < 4.78 is 1.90. The first-order valence-corrected chi connectivity index (χ1v) is 7.32. The highest BCUT2D eigenvalue weighted by atomic mass is 15.4. The molecule has 2 N–H and O–H groups in total. The topological polar surface area (TPSA) is 69.6 Å². The Morgan fingerprint density at radius 2 is 2.00 bits per heavy atom. The van der Waals surface area contributed by atoms with Crippen molar-refractivity contribution in [2.45, 2.75) is 52.5 Å². The highest BCUT2D eigenvalue weighted by molar-refractivity contribution is 5.32. The monoisotopic (exact) mass is 273 g/mol. The smallest absolute Gasteiger partial charge is 0.151 e. The van der Waals surface area contributed by atoms with Crippen LogP contribution in [-0.4, -0.2) is 25.8 Å². The highest BCUT2D eigenvalue weighted by Crippen LogP contribution is 2.13. The minimum Gasteiger partial charge on any atom is -0.327 e. The zero-order valence-corrected chi connectivity index (χ0v) is 12.5. The molecule has 0 saturated heterocycles. The Balaban J connectivity index is 2.32. The summed E-state index contributed by atoms with van der Waals surface area (Å²) in [6, 6.07) is 2.29. The minimum atomic E-state index is 0.180. The van der Waals surface area contributed by atoms with Gasteiger partial charge in [0.2, 0.25) is 0 Å². The summed E-state index contributed by atoms with van der Waals surface area (Å²) in [6.45, 7) is 6.25. The van der Waals surface area contributed by atoms with Crippen LogP contribution in [0.25, 0.3) is 5.69 Å². The molecule has 0 saturated carbocycles. The molecule has 1 atom stereocenters. The van der Waals surface area contributed by atoms with E-state index in [1.54, 1.807) is 0 Å². The van der Waals surface area contributed by atoms with Crippen LogP contribution in [0.5, 0.6) is 0 Å². The predicted molar refractivity (Wildman–Crippen MR) is 79.9 cm³/mol. The van der Waals surface area contributed by atoms with Crippen molar-refractivity contribution in [2.75, 3.05) is 0 Å². The van der Waals surface area contributed by atoms with E-state index in [2.05, 4.69) is 41.9 Å². The third-order valence-electron chi connectivity index (χ3n) is 3.40. The van der Waals surface area contributed by atoms with Crippen molar-refractivity contribution in [3.63, 3.8) is 0 Å². The van der Waals surface area contributed by atoms with Gasteiger partial charge in [-0.3, -0.25) is 4.98 Å². The molecule has 0 aromatic carbocycles. The average Bonchev–Trinajstić information content (AvgIpc) is 2.90. The molecule has 0 spiro atoms. The maximum absolute atomic E-state index is 6.01. The molecule has 0 amide bonds. The third kappa shape index (κ3) is 3.22. The van der Waals surface area contributed by atoms with Crippen molar-refractivity contribution >= 4 is 0 Å². The van der Waals surface area contributed by atoms with E-state index in [-0.39, 0.29) is 6.04 Å². The largest absolute Gasteiger partial charge is 0.327 e. The van der Waals surface area contributed by atoms with E-state index < -0.39 is 0 Å². The van der Waals surface area contributed by atoms with Crippen molar-refractivity contribution in [2.24, 2.45) is 5.73 Å². The Morgan fingerprint density at radius 1 is 1.20 bits per heavy atom. The lowest BCUT2D eigenvalue weighted by Crippen LogP contribution is -2.21. The Labute approximate surface area is 120 Å². The molecule has 108 valence electrons. The number of hydrogen-bond donors (Lipinski definition) is 1. The van der Waals surface area contributed by atoms with Gasteiger partial charge in [-0.05, 0) is 24.5 Å². The predicted octanol–water partition coefficient (Wildman–Crippen LogP) is 2.07. The molecule has 0 aliphatic heterocycles. The summed E-state index contributed by atoms with van der Waals surface area (Å²) >= 11 is 0. The van der Waals surface area contributed by atoms with Gasteiger partial charge in [0, 0.05) is 25.1 Å². The molecule has 5 nitrogen and oxygen atoms in total. The first-order chi connectivity index (χ1) is 9.67. The molecule has 0 radical (unpaired) electrons. The van der Waals surface area contributed by atoms with E-state index in [1.807, 2.05) is 17.1 Å². The van der Waals surface area contributed by atoms with Crippen LogP contribution in [0.4, 0.5) is 0 Å². The lowest BCUT2D eigenvalue weighted by molar-refractivity contribution is 0.644. The van der Waals surface area contributed by atoms with E-state index in [9.17, 15) is 0 Å². The fourth-order valence-electron chi connectivity index (χ4n) is 2.13. The van der Waals surface area contributed by atoms with Crippen LogP contribution in [-0.2, 0) is 19.3 Å². The highest BCUT2D eigenvalue weighted by Gasteiger charge is 2.10. The molecule has 2 heterocycles.